The minimum absolute atomic E-state index is 0.000621. The van der Waals surface area contributed by atoms with Crippen molar-refractivity contribution >= 4 is 33.2 Å². The summed E-state index contributed by atoms with van der Waals surface area (Å²) in [6, 6.07) is 3.28. The van der Waals surface area contributed by atoms with Gasteiger partial charge in [-0.05, 0) is 18.2 Å². The molecule has 0 radical (unpaired) electrons. The first-order valence-electron chi connectivity index (χ1n) is 6.24. The van der Waals surface area contributed by atoms with E-state index in [1.807, 2.05) is 0 Å². The first-order valence-corrected chi connectivity index (χ1v) is 8.06. The Morgan fingerprint density at radius 3 is 2.90 bits per heavy atom. The van der Waals surface area contributed by atoms with Crippen LogP contribution in [-0.4, -0.2) is 51.5 Å². The summed E-state index contributed by atoms with van der Waals surface area (Å²) in [5.74, 6) is -0.432. The van der Waals surface area contributed by atoms with Gasteiger partial charge in [-0.3, -0.25) is 4.79 Å². The van der Waals surface area contributed by atoms with E-state index in [9.17, 15) is 13.2 Å². The topological polar surface area (TPSA) is 102 Å². The monoisotopic (exact) mass is 333 g/mol. The van der Waals surface area contributed by atoms with Crippen LogP contribution < -0.4 is 11.1 Å². The smallest absolute Gasteiger partial charge is 0.246 e. The molecule has 1 amide bonds. The van der Waals surface area contributed by atoms with Crippen LogP contribution in [-0.2, 0) is 19.6 Å². The summed E-state index contributed by atoms with van der Waals surface area (Å²) < 4.78 is 31.8. The van der Waals surface area contributed by atoms with Gasteiger partial charge in [0, 0.05) is 18.6 Å². The molecule has 116 valence electrons. The summed E-state index contributed by atoms with van der Waals surface area (Å²) in [5.41, 5.74) is 5.82. The van der Waals surface area contributed by atoms with Gasteiger partial charge < -0.3 is 15.8 Å². The molecule has 1 unspecified atom stereocenters. The molecule has 1 aromatic rings. The van der Waals surface area contributed by atoms with Crippen LogP contribution in [0.3, 0.4) is 0 Å². The van der Waals surface area contributed by atoms with Crippen LogP contribution in [0.4, 0.5) is 5.69 Å². The van der Waals surface area contributed by atoms with Crippen molar-refractivity contribution in [1.82, 2.24) is 9.62 Å². The fourth-order valence-corrected chi connectivity index (χ4v) is 4.04. The maximum Gasteiger partial charge on any atom is 0.246 e. The number of carbonyl (C=O) groups is 1. The van der Waals surface area contributed by atoms with E-state index < -0.39 is 22.0 Å². The van der Waals surface area contributed by atoms with Gasteiger partial charge in [-0.15, -0.1) is 0 Å². The fraction of sp³-hybridized carbons (Fsp3) is 0.417. The maximum absolute atomic E-state index is 12.7. The highest BCUT2D eigenvalue weighted by atomic mass is 35.5. The average molecular weight is 334 g/mol. The van der Waals surface area contributed by atoms with Crippen molar-refractivity contribution in [1.29, 1.82) is 0 Å². The van der Waals surface area contributed by atoms with Gasteiger partial charge in [0.2, 0.25) is 15.9 Å². The van der Waals surface area contributed by atoms with Crippen molar-refractivity contribution in [3.63, 3.8) is 0 Å². The van der Waals surface area contributed by atoms with Gasteiger partial charge in [0.05, 0.1) is 18.9 Å². The number of rotatable bonds is 3. The molecule has 1 aliphatic rings. The number of nitrogens with two attached hydrogens (primary N) is 1. The zero-order chi connectivity index (χ0) is 15.6. The Hall–Kier alpha value is -1.35. The van der Waals surface area contributed by atoms with Crippen LogP contribution in [0.25, 0.3) is 0 Å². The van der Waals surface area contributed by atoms with E-state index in [1.54, 1.807) is 0 Å². The number of likely N-dealkylation sites (N-methyl/N-ethyl adjacent to an activating group) is 1. The highest BCUT2D eigenvalue weighted by Crippen LogP contribution is 2.28. The second-order valence-electron chi connectivity index (χ2n) is 4.50. The van der Waals surface area contributed by atoms with Crippen LogP contribution in [0, 0.1) is 0 Å². The third kappa shape index (κ3) is 3.13. The van der Waals surface area contributed by atoms with Crippen LogP contribution >= 0.6 is 11.6 Å². The normalized spacial score (nSPS) is 20.2. The third-order valence-electron chi connectivity index (χ3n) is 3.19. The minimum atomic E-state index is -3.94. The molecule has 7 nitrogen and oxygen atoms in total. The number of hydrogen-bond donors (Lipinski definition) is 2. The number of amides is 1. The van der Waals surface area contributed by atoms with Crippen molar-refractivity contribution in [3.05, 3.63) is 23.2 Å². The lowest BCUT2D eigenvalue weighted by atomic mass is 10.2. The lowest BCUT2D eigenvalue weighted by Gasteiger charge is -2.33. The average Bonchev–Trinajstić information content (AvgIpc) is 2.48. The summed E-state index contributed by atoms with van der Waals surface area (Å²) in [4.78, 5) is 11.7. The van der Waals surface area contributed by atoms with Crippen molar-refractivity contribution < 1.29 is 17.9 Å². The molecule has 0 spiro atoms. The summed E-state index contributed by atoms with van der Waals surface area (Å²) in [7, 11) is -2.50. The molecular weight excluding hydrogens is 318 g/mol. The van der Waals surface area contributed by atoms with Crippen molar-refractivity contribution in [2.75, 3.05) is 32.5 Å². The molecule has 0 saturated carbocycles. The van der Waals surface area contributed by atoms with Gasteiger partial charge in [-0.2, -0.15) is 4.31 Å². The predicted octanol–water partition coefficient (Wildman–Crippen LogP) is 0.0577. The first-order chi connectivity index (χ1) is 9.87. The second kappa shape index (κ2) is 6.18. The Bertz CT molecular complexity index is 650. The van der Waals surface area contributed by atoms with E-state index in [0.717, 1.165) is 4.31 Å². The lowest BCUT2D eigenvalue weighted by Crippen LogP contribution is -2.55. The molecule has 2 rings (SSSR count). The Morgan fingerprint density at radius 2 is 2.24 bits per heavy atom. The third-order valence-corrected chi connectivity index (χ3v) is 5.39. The van der Waals surface area contributed by atoms with Crippen LogP contribution in [0.1, 0.15) is 0 Å². The zero-order valence-electron chi connectivity index (χ0n) is 11.4. The van der Waals surface area contributed by atoms with E-state index in [4.69, 9.17) is 22.1 Å². The molecule has 0 aromatic heterocycles. The number of nitrogens with zero attached hydrogens (tertiary/aromatic N) is 1. The Balaban J connectivity index is 2.45. The number of ether oxygens (including phenoxy) is 1. The Kier molecular flexibility index (Phi) is 4.72. The number of benzene rings is 1. The van der Waals surface area contributed by atoms with Gasteiger partial charge in [-0.25, -0.2) is 8.42 Å². The van der Waals surface area contributed by atoms with E-state index in [0.29, 0.717) is 0 Å². The van der Waals surface area contributed by atoms with E-state index in [-0.39, 0.29) is 35.4 Å². The number of nitrogen functional groups attached to an aromatic ring is 1. The number of carbonyl (C=O) groups excluding carboxylic acids is 1. The summed E-state index contributed by atoms with van der Waals surface area (Å²) in [6.07, 6.45) is 0. The summed E-state index contributed by atoms with van der Waals surface area (Å²) in [5, 5.41) is 2.69. The van der Waals surface area contributed by atoms with E-state index >= 15 is 0 Å². The van der Waals surface area contributed by atoms with Gasteiger partial charge >= 0.3 is 0 Å². The van der Waals surface area contributed by atoms with Crippen molar-refractivity contribution in [2.24, 2.45) is 0 Å². The number of anilines is 1. The molecule has 21 heavy (non-hydrogen) atoms. The molecule has 1 atom stereocenters. The Morgan fingerprint density at radius 1 is 1.52 bits per heavy atom. The van der Waals surface area contributed by atoms with Gasteiger partial charge in [0.1, 0.15) is 10.9 Å². The molecule has 1 heterocycles. The van der Waals surface area contributed by atoms with Crippen molar-refractivity contribution in [2.45, 2.75) is 10.9 Å². The Labute approximate surface area is 128 Å². The molecule has 9 heteroatoms. The molecule has 3 N–H and O–H groups in total. The highest BCUT2D eigenvalue weighted by molar-refractivity contribution is 7.89. The molecular formula is C12H16ClN3O4S. The molecule has 1 aromatic carbocycles. The van der Waals surface area contributed by atoms with Crippen LogP contribution in [0.15, 0.2) is 23.1 Å². The number of nitrogens with one attached hydrogen (secondary N) is 1. The molecule has 0 bridgehead atoms. The van der Waals surface area contributed by atoms with Crippen molar-refractivity contribution in [3.8, 4) is 0 Å². The zero-order valence-corrected chi connectivity index (χ0v) is 12.9. The molecule has 1 fully saturated rings. The second-order valence-corrected chi connectivity index (χ2v) is 6.80. The lowest BCUT2D eigenvalue weighted by molar-refractivity contribution is -0.128. The number of halogens is 1. The van der Waals surface area contributed by atoms with Crippen LogP contribution in [0.2, 0.25) is 5.02 Å². The molecule has 1 aliphatic heterocycles. The number of morpholine rings is 1. The predicted molar refractivity (Wildman–Crippen MR) is 78.4 cm³/mol. The SMILES string of the molecule is CNC(=O)C1COCCN1S(=O)(=O)c1cc(Cl)ccc1N. The molecule has 0 aliphatic carbocycles. The molecule has 1 saturated heterocycles. The van der Waals surface area contributed by atoms with Crippen LogP contribution in [0.5, 0.6) is 0 Å². The summed E-state index contributed by atoms with van der Waals surface area (Å²) in [6.45, 7) is 0.291. The number of hydrogen-bond acceptors (Lipinski definition) is 5. The van der Waals surface area contributed by atoms with Gasteiger partial charge in [0.15, 0.2) is 0 Å². The quantitative estimate of drug-likeness (QED) is 0.761. The fourth-order valence-electron chi connectivity index (χ4n) is 2.11. The van der Waals surface area contributed by atoms with Gasteiger partial charge in [-0.1, -0.05) is 11.6 Å². The minimum Gasteiger partial charge on any atom is -0.398 e. The van der Waals surface area contributed by atoms with E-state index in [2.05, 4.69) is 5.32 Å². The standard InChI is InChI=1S/C12H16ClN3O4S/c1-15-12(17)10-7-20-5-4-16(10)21(18,19)11-6-8(13)2-3-9(11)14/h2-3,6,10H,4-5,7,14H2,1H3,(H,15,17). The maximum atomic E-state index is 12.7. The summed E-state index contributed by atoms with van der Waals surface area (Å²) >= 11 is 5.85. The highest BCUT2D eigenvalue weighted by Gasteiger charge is 2.38. The van der Waals surface area contributed by atoms with Gasteiger partial charge in [0.25, 0.3) is 0 Å². The van der Waals surface area contributed by atoms with E-state index in [1.165, 1.54) is 25.2 Å². The number of sulfonamides is 1. The first kappa shape index (κ1) is 16.0. The largest absolute Gasteiger partial charge is 0.398 e.